The Kier molecular flexibility index (Phi) is 5.00. The van der Waals surface area contributed by atoms with E-state index in [9.17, 15) is 14.7 Å². The van der Waals surface area contributed by atoms with Gasteiger partial charge in [-0.05, 0) is 25.1 Å². The van der Waals surface area contributed by atoms with Crippen LogP contribution >= 0.6 is 11.3 Å². The Morgan fingerprint density at radius 1 is 1.48 bits per heavy atom. The zero-order valence-corrected chi connectivity index (χ0v) is 14.7. The first-order valence-corrected chi connectivity index (χ1v) is 8.53. The van der Waals surface area contributed by atoms with Crippen LogP contribution in [-0.4, -0.2) is 59.8 Å². The highest BCUT2D eigenvalue weighted by molar-refractivity contribution is 7.14. The number of carboxylic acids is 1. The number of aromatic nitrogens is 1. The van der Waals surface area contributed by atoms with Gasteiger partial charge in [-0.1, -0.05) is 0 Å². The van der Waals surface area contributed by atoms with Crippen molar-refractivity contribution in [3.63, 3.8) is 0 Å². The fraction of sp³-hybridized carbons (Fsp3) is 0.353. The molecule has 1 aromatic carbocycles. The summed E-state index contributed by atoms with van der Waals surface area (Å²) in [5, 5.41) is 10.1. The molecule has 1 aliphatic rings. The summed E-state index contributed by atoms with van der Waals surface area (Å²) in [5.41, 5.74) is 0.821. The SMILES string of the molecule is Cc1cnc(-c2cc(OCC3COCC(=O)N3C)cc(C(=O)O)c2)s1. The fourth-order valence-corrected chi connectivity index (χ4v) is 3.22. The number of rotatable bonds is 5. The van der Waals surface area contributed by atoms with Crippen LogP contribution in [-0.2, 0) is 9.53 Å². The zero-order valence-electron chi connectivity index (χ0n) is 13.9. The highest BCUT2D eigenvalue weighted by Gasteiger charge is 2.26. The molecule has 1 N–H and O–H groups in total. The van der Waals surface area contributed by atoms with Crippen LogP contribution in [0, 0.1) is 6.92 Å². The summed E-state index contributed by atoms with van der Waals surface area (Å²) in [4.78, 5) is 30.0. The van der Waals surface area contributed by atoms with E-state index in [1.807, 2.05) is 6.92 Å². The average molecular weight is 362 g/mol. The van der Waals surface area contributed by atoms with Crippen molar-refractivity contribution in [3.05, 3.63) is 34.8 Å². The third-order valence-corrected chi connectivity index (χ3v) is 4.90. The lowest BCUT2D eigenvalue weighted by atomic mass is 10.1. The molecule has 0 bridgehead atoms. The minimum atomic E-state index is -1.03. The van der Waals surface area contributed by atoms with Crippen LogP contribution < -0.4 is 4.74 Å². The van der Waals surface area contributed by atoms with Gasteiger partial charge in [0, 0.05) is 23.7 Å². The maximum absolute atomic E-state index is 11.7. The number of amides is 1. The summed E-state index contributed by atoms with van der Waals surface area (Å²) >= 11 is 1.48. The van der Waals surface area contributed by atoms with Crippen LogP contribution in [0.2, 0.25) is 0 Å². The fourth-order valence-electron chi connectivity index (χ4n) is 2.47. The number of hydrogen-bond acceptors (Lipinski definition) is 6. The highest BCUT2D eigenvalue weighted by atomic mass is 32.1. The summed E-state index contributed by atoms with van der Waals surface area (Å²) in [7, 11) is 1.70. The van der Waals surface area contributed by atoms with Crippen LogP contribution in [0.4, 0.5) is 0 Å². The lowest BCUT2D eigenvalue weighted by Gasteiger charge is -2.32. The zero-order chi connectivity index (χ0) is 18.0. The van der Waals surface area contributed by atoms with Crippen LogP contribution in [0.25, 0.3) is 10.6 Å². The smallest absolute Gasteiger partial charge is 0.335 e. The summed E-state index contributed by atoms with van der Waals surface area (Å²) in [5.74, 6) is -0.708. The molecule has 0 saturated carbocycles. The van der Waals surface area contributed by atoms with Crippen LogP contribution in [0.3, 0.4) is 0 Å². The predicted octanol–water partition coefficient (Wildman–Crippen LogP) is 2.05. The summed E-state index contributed by atoms with van der Waals surface area (Å²) < 4.78 is 11.0. The molecule has 1 aliphatic heterocycles. The molecule has 1 amide bonds. The van der Waals surface area contributed by atoms with E-state index < -0.39 is 5.97 Å². The highest BCUT2D eigenvalue weighted by Crippen LogP contribution is 2.29. The van der Waals surface area contributed by atoms with Crippen LogP contribution in [0.15, 0.2) is 24.4 Å². The number of hydrogen-bond donors (Lipinski definition) is 1. The van der Waals surface area contributed by atoms with E-state index in [2.05, 4.69) is 4.98 Å². The lowest BCUT2D eigenvalue weighted by molar-refractivity contribution is -0.147. The number of morpholine rings is 1. The van der Waals surface area contributed by atoms with Gasteiger partial charge >= 0.3 is 5.97 Å². The molecule has 0 spiro atoms. The van der Waals surface area contributed by atoms with Gasteiger partial charge in [-0.15, -0.1) is 11.3 Å². The molecular formula is C17H18N2O5S. The van der Waals surface area contributed by atoms with Gasteiger partial charge in [0.2, 0.25) is 5.91 Å². The number of likely N-dealkylation sites (N-methyl/N-ethyl adjacent to an activating group) is 1. The Morgan fingerprint density at radius 2 is 2.28 bits per heavy atom. The van der Waals surface area contributed by atoms with E-state index in [-0.39, 0.29) is 30.7 Å². The van der Waals surface area contributed by atoms with Crippen molar-refractivity contribution in [1.82, 2.24) is 9.88 Å². The second kappa shape index (κ2) is 7.20. The molecule has 7 nitrogen and oxygen atoms in total. The molecule has 1 fully saturated rings. The van der Waals surface area contributed by atoms with E-state index in [0.717, 1.165) is 9.88 Å². The first-order chi connectivity index (χ1) is 11.9. The molecular weight excluding hydrogens is 344 g/mol. The molecule has 3 rings (SSSR count). The molecule has 1 atom stereocenters. The summed E-state index contributed by atoms with van der Waals surface area (Å²) in [6, 6.07) is 4.60. The summed E-state index contributed by atoms with van der Waals surface area (Å²) in [6.45, 7) is 2.63. The van der Waals surface area contributed by atoms with E-state index in [1.165, 1.54) is 17.4 Å². The number of aromatic carboxylic acids is 1. The molecule has 0 radical (unpaired) electrons. The Hall–Kier alpha value is -2.45. The Labute approximate surface area is 148 Å². The number of nitrogens with zero attached hydrogens (tertiary/aromatic N) is 2. The van der Waals surface area contributed by atoms with Gasteiger partial charge in [-0.3, -0.25) is 4.79 Å². The van der Waals surface area contributed by atoms with Crippen molar-refractivity contribution in [2.45, 2.75) is 13.0 Å². The molecule has 2 heterocycles. The second-order valence-electron chi connectivity index (χ2n) is 5.81. The van der Waals surface area contributed by atoms with Crippen molar-refractivity contribution < 1.29 is 24.2 Å². The molecule has 0 aliphatic carbocycles. The Balaban J connectivity index is 1.81. The third-order valence-electron chi connectivity index (χ3n) is 3.94. The van der Waals surface area contributed by atoms with Crippen molar-refractivity contribution >= 4 is 23.2 Å². The summed E-state index contributed by atoms with van der Waals surface area (Å²) in [6.07, 6.45) is 1.74. The quantitative estimate of drug-likeness (QED) is 0.876. The van der Waals surface area contributed by atoms with Crippen molar-refractivity contribution in [2.24, 2.45) is 0 Å². The van der Waals surface area contributed by atoms with Gasteiger partial charge in [-0.25, -0.2) is 9.78 Å². The van der Waals surface area contributed by atoms with Gasteiger partial charge < -0.3 is 19.5 Å². The number of thiazole rings is 1. The minimum absolute atomic E-state index is 0.0784. The largest absolute Gasteiger partial charge is 0.491 e. The first-order valence-electron chi connectivity index (χ1n) is 7.71. The molecule has 132 valence electrons. The number of carbonyl (C=O) groups is 2. The lowest BCUT2D eigenvalue weighted by Crippen LogP contribution is -2.49. The predicted molar refractivity (Wildman–Crippen MR) is 92.1 cm³/mol. The van der Waals surface area contributed by atoms with Gasteiger partial charge in [-0.2, -0.15) is 0 Å². The van der Waals surface area contributed by atoms with Crippen LogP contribution in [0.5, 0.6) is 5.75 Å². The van der Waals surface area contributed by atoms with Gasteiger partial charge in [0.05, 0.1) is 18.2 Å². The normalized spacial score (nSPS) is 17.6. The number of benzene rings is 1. The number of ether oxygens (including phenoxy) is 2. The number of carbonyl (C=O) groups excluding carboxylic acids is 1. The molecule has 1 saturated heterocycles. The molecule has 8 heteroatoms. The standard InChI is InChI=1S/C17H18N2O5S/c1-10-6-18-16(25-10)11-3-12(17(21)22)5-14(4-11)24-8-13-7-23-9-15(20)19(13)2/h3-6,13H,7-9H2,1-2H3,(H,21,22). The first kappa shape index (κ1) is 17.4. The second-order valence-corrected chi connectivity index (χ2v) is 7.05. The van der Waals surface area contributed by atoms with Crippen LogP contribution in [0.1, 0.15) is 15.2 Å². The van der Waals surface area contributed by atoms with E-state index in [0.29, 0.717) is 17.9 Å². The molecule has 25 heavy (non-hydrogen) atoms. The average Bonchev–Trinajstić information content (AvgIpc) is 3.02. The maximum Gasteiger partial charge on any atom is 0.335 e. The van der Waals surface area contributed by atoms with Gasteiger partial charge in [0.15, 0.2) is 0 Å². The Bertz CT molecular complexity index is 804. The van der Waals surface area contributed by atoms with Crippen molar-refractivity contribution in [1.29, 1.82) is 0 Å². The number of aryl methyl sites for hydroxylation is 1. The Morgan fingerprint density at radius 3 is 2.96 bits per heavy atom. The van der Waals surface area contributed by atoms with E-state index in [1.54, 1.807) is 30.3 Å². The topological polar surface area (TPSA) is 89.0 Å². The number of carboxylic acid groups (broad SMARTS) is 1. The molecule has 1 unspecified atom stereocenters. The molecule has 1 aromatic heterocycles. The van der Waals surface area contributed by atoms with E-state index in [4.69, 9.17) is 9.47 Å². The van der Waals surface area contributed by atoms with Crippen molar-refractivity contribution in [2.75, 3.05) is 26.9 Å². The third kappa shape index (κ3) is 3.97. The molecule has 2 aromatic rings. The van der Waals surface area contributed by atoms with Gasteiger partial charge in [0.1, 0.15) is 24.0 Å². The maximum atomic E-state index is 11.7. The monoisotopic (exact) mass is 362 g/mol. The van der Waals surface area contributed by atoms with E-state index >= 15 is 0 Å². The minimum Gasteiger partial charge on any atom is -0.491 e. The van der Waals surface area contributed by atoms with Crippen molar-refractivity contribution in [3.8, 4) is 16.3 Å². The van der Waals surface area contributed by atoms with Gasteiger partial charge in [0.25, 0.3) is 0 Å².